The smallest absolute Gasteiger partial charge is 0.289 e. The SMILES string of the molecule is COc1cc(C(=O)NNS(=O)(=O)c2ccccc2[N+](=O)[O-])ccc1OCCC(C)C. The van der Waals surface area contributed by atoms with Gasteiger partial charge < -0.3 is 9.47 Å². The number of carbonyl (C=O) groups is 1. The molecular formula is C19H23N3O7S. The third kappa shape index (κ3) is 5.91. The molecule has 0 bridgehead atoms. The minimum absolute atomic E-state index is 0.105. The second-order valence-corrected chi connectivity index (χ2v) is 8.33. The predicted octanol–water partition coefficient (Wildman–Crippen LogP) is 2.65. The van der Waals surface area contributed by atoms with Gasteiger partial charge in [-0.15, -0.1) is 4.83 Å². The Hall–Kier alpha value is -3.18. The Kier molecular flexibility index (Phi) is 7.72. The minimum atomic E-state index is -4.36. The number of methoxy groups -OCH3 is 1. The van der Waals surface area contributed by atoms with Crippen LogP contribution in [0.15, 0.2) is 47.4 Å². The molecule has 2 aromatic carbocycles. The maximum atomic E-state index is 12.4. The van der Waals surface area contributed by atoms with Gasteiger partial charge in [0.25, 0.3) is 21.6 Å². The first-order valence-electron chi connectivity index (χ1n) is 9.02. The third-order valence-corrected chi connectivity index (χ3v) is 5.32. The number of hydrazine groups is 1. The van der Waals surface area contributed by atoms with Gasteiger partial charge >= 0.3 is 0 Å². The van der Waals surface area contributed by atoms with Crippen LogP contribution in [0.25, 0.3) is 0 Å². The van der Waals surface area contributed by atoms with E-state index in [2.05, 4.69) is 13.8 Å². The molecule has 30 heavy (non-hydrogen) atoms. The molecule has 11 heteroatoms. The van der Waals surface area contributed by atoms with Gasteiger partial charge in [-0.1, -0.05) is 26.0 Å². The molecule has 2 aromatic rings. The Bertz CT molecular complexity index is 1020. The number of rotatable bonds is 10. The number of nitro groups is 1. The molecular weight excluding hydrogens is 414 g/mol. The fraction of sp³-hybridized carbons (Fsp3) is 0.316. The van der Waals surface area contributed by atoms with Crippen molar-refractivity contribution in [1.29, 1.82) is 0 Å². The Morgan fingerprint density at radius 2 is 1.87 bits per heavy atom. The van der Waals surface area contributed by atoms with E-state index in [0.717, 1.165) is 18.6 Å². The van der Waals surface area contributed by atoms with Gasteiger partial charge in [-0.25, -0.2) is 8.42 Å². The van der Waals surface area contributed by atoms with Crippen molar-refractivity contribution in [2.45, 2.75) is 25.2 Å². The van der Waals surface area contributed by atoms with Crippen molar-refractivity contribution in [3.05, 3.63) is 58.1 Å². The van der Waals surface area contributed by atoms with E-state index in [-0.39, 0.29) is 5.56 Å². The molecule has 0 saturated carbocycles. The molecule has 0 atom stereocenters. The van der Waals surface area contributed by atoms with E-state index in [1.165, 1.54) is 31.4 Å². The van der Waals surface area contributed by atoms with Crippen LogP contribution in [0, 0.1) is 16.0 Å². The van der Waals surface area contributed by atoms with Gasteiger partial charge in [0, 0.05) is 11.6 Å². The highest BCUT2D eigenvalue weighted by Crippen LogP contribution is 2.28. The molecule has 0 aliphatic heterocycles. The van der Waals surface area contributed by atoms with Gasteiger partial charge in [0.15, 0.2) is 16.4 Å². The maximum absolute atomic E-state index is 12.4. The van der Waals surface area contributed by atoms with Crippen molar-refractivity contribution in [3.8, 4) is 11.5 Å². The molecule has 0 aromatic heterocycles. The fourth-order valence-corrected chi connectivity index (χ4v) is 3.42. The van der Waals surface area contributed by atoms with Crippen LogP contribution in [-0.2, 0) is 10.0 Å². The van der Waals surface area contributed by atoms with Crippen LogP contribution in [-0.4, -0.2) is 33.0 Å². The number of sulfonamides is 1. The Labute approximate surface area is 174 Å². The molecule has 0 radical (unpaired) electrons. The molecule has 2 rings (SSSR count). The van der Waals surface area contributed by atoms with Crippen molar-refractivity contribution >= 4 is 21.6 Å². The van der Waals surface area contributed by atoms with Crippen LogP contribution in [0.2, 0.25) is 0 Å². The van der Waals surface area contributed by atoms with E-state index in [1.54, 1.807) is 6.07 Å². The lowest BCUT2D eigenvalue weighted by Crippen LogP contribution is -2.41. The topological polar surface area (TPSA) is 137 Å². The van der Waals surface area contributed by atoms with E-state index >= 15 is 0 Å². The summed E-state index contributed by atoms with van der Waals surface area (Å²) in [6, 6.07) is 9.20. The van der Waals surface area contributed by atoms with Crippen LogP contribution in [0.1, 0.15) is 30.6 Å². The predicted molar refractivity (Wildman–Crippen MR) is 109 cm³/mol. The summed E-state index contributed by atoms with van der Waals surface area (Å²) >= 11 is 0. The summed E-state index contributed by atoms with van der Waals surface area (Å²) in [5, 5.41) is 11.0. The molecule has 1 amide bonds. The lowest BCUT2D eigenvalue weighted by atomic mass is 10.1. The van der Waals surface area contributed by atoms with Crippen molar-refractivity contribution in [1.82, 2.24) is 10.3 Å². The highest BCUT2D eigenvalue weighted by atomic mass is 32.2. The fourth-order valence-electron chi connectivity index (χ4n) is 2.41. The van der Waals surface area contributed by atoms with Crippen molar-refractivity contribution in [2.24, 2.45) is 5.92 Å². The first-order chi connectivity index (χ1) is 14.2. The second-order valence-electron chi connectivity index (χ2n) is 6.68. The summed E-state index contributed by atoms with van der Waals surface area (Å²) in [6.07, 6.45) is 0.846. The molecule has 2 N–H and O–H groups in total. The number of nitrogens with one attached hydrogen (secondary N) is 2. The monoisotopic (exact) mass is 437 g/mol. The average Bonchev–Trinajstić information content (AvgIpc) is 2.72. The summed E-state index contributed by atoms with van der Waals surface area (Å²) in [5.41, 5.74) is 1.53. The number of nitro benzene ring substituents is 1. The lowest BCUT2D eigenvalue weighted by Gasteiger charge is -2.13. The second kappa shape index (κ2) is 10.0. The summed E-state index contributed by atoms with van der Waals surface area (Å²) in [4.78, 5) is 23.9. The zero-order chi connectivity index (χ0) is 22.3. The highest BCUT2D eigenvalue weighted by molar-refractivity contribution is 7.89. The first-order valence-corrected chi connectivity index (χ1v) is 10.5. The molecule has 0 saturated heterocycles. The molecule has 0 heterocycles. The standard InChI is InChI=1S/C19H23N3O7S/c1-13(2)10-11-29-16-9-8-14(12-17(16)28-3)19(23)20-21-30(26,27)18-7-5-4-6-15(18)22(24)25/h4-9,12-13,21H,10-11H2,1-3H3,(H,20,23). The lowest BCUT2D eigenvalue weighted by molar-refractivity contribution is -0.387. The molecule has 162 valence electrons. The number of carbonyl (C=O) groups excluding carboxylic acids is 1. The van der Waals surface area contributed by atoms with Gasteiger partial charge in [-0.05, 0) is 36.6 Å². The third-order valence-electron chi connectivity index (χ3n) is 4.03. The molecule has 10 nitrogen and oxygen atoms in total. The van der Waals surface area contributed by atoms with Gasteiger partial charge in [0.05, 0.1) is 18.6 Å². The zero-order valence-corrected chi connectivity index (χ0v) is 17.6. The van der Waals surface area contributed by atoms with Crippen LogP contribution in [0.4, 0.5) is 5.69 Å². The molecule has 0 unspecified atom stereocenters. The van der Waals surface area contributed by atoms with E-state index in [0.29, 0.717) is 24.0 Å². The average molecular weight is 437 g/mol. The number of amides is 1. The number of nitrogens with zero attached hydrogens (tertiary/aromatic N) is 1. The van der Waals surface area contributed by atoms with Crippen LogP contribution in [0.5, 0.6) is 11.5 Å². The van der Waals surface area contributed by atoms with E-state index in [4.69, 9.17) is 9.47 Å². The first kappa shape index (κ1) is 23.1. The van der Waals surface area contributed by atoms with Crippen LogP contribution in [0.3, 0.4) is 0 Å². The largest absolute Gasteiger partial charge is 0.493 e. The Morgan fingerprint density at radius 1 is 1.17 bits per heavy atom. The maximum Gasteiger partial charge on any atom is 0.289 e. The van der Waals surface area contributed by atoms with Crippen molar-refractivity contribution in [3.63, 3.8) is 0 Å². The number of para-hydroxylation sites is 1. The number of hydrogen-bond acceptors (Lipinski definition) is 7. The molecule has 0 aliphatic carbocycles. The molecule has 0 fully saturated rings. The number of hydrogen-bond donors (Lipinski definition) is 2. The van der Waals surface area contributed by atoms with Crippen molar-refractivity contribution < 1.29 is 27.6 Å². The van der Waals surface area contributed by atoms with E-state index in [1.807, 2.05) is 10.3 Å². The van der Waals surface area contributed by atoms with Crippen molar-refractivity contribution in [2.75, 3.05) is 13.7 Å². The van der Waals surface area contributed by atoms with E-state index < -0.39 is 31.4 Å². The highest BCUT2D eigenvalue weighted by Gasteiger charge is 2.25. The quantitative estimate of drug-likeness (QED) is 0.430. The van der Waals surface area contributed by atoms with Gasteiger partial charge in [0.1, 0.15) is 0 Å². The summed E-state index contributed by atoms with van der Waals surface area (Å²) < 4.78 is 35.6. The van der Waals surface area contributed by atoms with Gasteiger partial charge in [0.2, 0.25) is 0 Å². The number of benzene rings is 2. The van der Waals surface area contributed by atoms with E-state index in [9.17, 15) is 23.3 Å². The summed E-state index contributed by atoms with van der Waals surface area (Å²) in [5.74, 6) is 0.460. The van der Waals surface area contributed by atoms with Gasteiger partial charge in [-0.3, -0.25) is 20.3 Å². The Balaban J connectivity index is 2.12. The zero-order valence-electron chi connectivity index (χ0n) is 16.7. The van der Waals surface area contributed by atoms with Gasteiger partial charge in [-0.2, -0.15) is 0 Å². The van der Waals surface area contributed by atoms with Crippen LogP contribution >= 0.6 is 0 Å². The normalized spacial score (nSPS) is 11.2. The summed E-state index contributed by atoms with van der Waals surface area (Å²) in [6.45, 7) is 4.62. The Morgan fingerprint density at radius 3 is 2.50 bits per heavy atom. The minimum Gasteiger partial charge on any atom is -0.493 e. The van der Waals surface area contributed by atoms with Crippen LogP contribution < -0.4 is 19.7 Å². The molecule has 0 aliphatic rings. The summed E-state index contributed by atoms with van der Waals surface area (Å²) in [7, 11) is -2.94. The molecule has 0 spiro atoms. The number of ether oxygens (including phenoxy) is 2.